The number of nitrogens with one attached hydrogen (secondary N) is 1. The molecule has 2 heterocycles. The molecule has 0 aliphatic carbocycles. The third-order valence-corrected chi connectivity index (χ3v) is 4.90. The fourth-order valence-electron chi connectivity index (χ4n) is 3.28. The van der Waals surface area contributed by atoms with Crippen LogP contribution >= 0.6 is 0 Å². The van der Waals surface area contributed by atoms with Gasteiger partial charge in [0.2, 0.25) is 0 Å². The summed E-state index contributed by atoms with van der Waals surface area (Å²) in [5, 5.41) is 7.44. The zero-order valence-electron chi connectivity index (χ0n) is 17.5. The number of carbonyl (C=O) groups is 1. The monoisotopic (exact) mass is 414 g/mol. The van der Waals surface area contributed by atoms with E-state index in [0.717, 1.165) is 28.3 Å². The zero-order chi connectivity index (χ0) is 21.8. The van der Waals surface area contributed by atoms with Gasteiger partial charge in [0.15, 0.2) is 0 Å². The van der Waals surface area contributed by atoms with Crippen LogP contribution in [0.5, 0.6) is 11.5 Å². The fourth-order valence-corrected chi connectivity index (χ4v) is 3.28. The van der Waals surface area contributed by atoms with E-state index >= 15 is 0 Å². The van der Waals surface area contributed by atoms with Gasteiger partial charge in [0, 0.05) is 29.9 Å². The molecule has 2 aromatic carbocycles. The topological polar surface area (TPSA) is 78.3 Å². The number of hydrogen-bond donors (Lipinski definition) is 1. The summed E-state index contributed by atoms with van der Waals surface area (Å²) in [6.07, 6.45) is 1.71. The number of pyridine rings is 1. The Morgan fingerprint density at radius 1 is 0.968 bits per heavy atom. The Labute approximate surface area is 180 Å². The summed E-state index contributed by atoms with van der Waals surface area (Å²) in [7, 11) is 5.12. The van der Waals surface area contributed by atoms with Crippen LogP contribution in [0.2, 0.25) is 0 Å². The number of benzene rings is 2. The maximum absolute atomic E-state index is 12.3. The van der Waals surface area contributed by atoms with Gasteiger partial charge in [-0.2, -0.15) is 5.10 Å². The molecule has 0 saturated carbocycles. The predicted octanol–water partition coefficient (Wildman–Crippen LogP) is 4.42. The lowest BCUT2D eigenvalue weighted by Gasteiger charge is -2.08. The molecule has 4 rings (SSSR count). The highest BCUT2D eigenvalue weighted by atomic mass is 16.5. The van der Waals surface area contributed by atoms with Crippen molar-refractivity contribution in [3.05, 3.63) is 78.5 Å². The maximum Gasteiger partial charge on any atom is 0.256 e. The van der Waals surface area contributed by atoms with E-state index in [1.54, 1.807) is 43.3 Å². The number of aromatic nitrogens is 3. The standard InChI is InChI=1S/C24H22N4O3/c1-28-21(14-20(27-28)19-13-18(30-2)10-11-22(19)31-3)17-9-12-23(25-15-17)26-24(29)16-7-5-4-6-8-16/h4-15H,1-3H3,(H,25,26,29). The summed E-state index contributed by atoms with van der Waals surface area (Å²) in [4.78, 5) is 16.7. The quantitative estimate of drug-likeness (QED) is 0.505. The molecule has 0 atom stereocenters. The molecule has 0 aliphatic heterocycles. The van der Waals surface area contributed by atoms with Crippen LogP contribution in [-0.4, -0.2) is 34.9 Å². The van der Waals surface area contributed by atoms with E-state index in [2.05, 4.69) is 15.4 Å². The molecular weight excluding hydrogens is 392 g/mol. The number of anilines is 1. The normalized spacial score (nSPS) is 10.5. The Morgan fingerprint density at radius 3 is 2.45 bits per heavy atom. The number of methoxy groups -OCH3 is 2. The summed E-state index contributed by atoms with van der Waals surface area (Å²) in [5.41, 5.74) is 3.93. The van der Waals surface area contributed by atoms with Crippen LogP contribution in [0.3, 0.4) is 0 Å². The number of rotatable bonds is 6. The first-order valence-electron chi connectivity index (χ1n) is 9.68. The zero-order valence-corrected chi connectivity index (χ0v) is 17.5. The fraction of sp³-hybridized carbons (Fsp3) is 0.125. The number of aryl methyl sites for hydroxylation is 1. The molecule has 0 unspecified atom stereocenters. The third kappa shape index (κ3) is 4.25. The van der Waals surface area contributed by atoms with Gasteiger partial charge in [0.05, 0.1) is 25.6 Å². The molecule has 1 amide bonds. The second-order valence-electron chi connectivity index (χ2n) is 6.86. The van der Waals surface area contributed by atoms with Gasteiger partial charge in [0.1, 0.15) is 17.3 Å². The Kier molecular flexibility index (Phi) is 5.66. The van der Waals surface area contributed by atoms with E-state index in [9.17, 15) is 4.79 Å². The molecule has 7 nitrogen and oxygen atoms in total. The predicted molar refractivity (Wildman–Crippen MR) is 119 cm³/mol. The summed E-state index contributed by atoms with van der Waals surface area (Å²) in [6.45, 7) is 0. The van der Waals surface area contributed by atoms with Crippen LogP contribution in [0.25, 0.3) is 22.5 Å². The van der Waals surface area contributed by atoms with Crippen molar-refractivity contribution in [3.63, 3.8) is 0 Å². The minimum Gasteiger partial charge on any atom is -0.497 e. The third-order valence-electron chi connectivity index (χ3n) is 4.90. The molecule has 0 aliphatic rings. The van der Waals surface area contributed by atoms with E-state index in [1.807, 2.05) is 55.6 Å². The number of carbonyl (C=O) groups excluding carboxylic acids is 1. The average molecular weight is 414 g/mol. The molecule has 0 saturated heterocycles. The molecule has 1 N–H and O–H groups in total. The Balaban J connectivity index is 1.59. The van der Waals surface area contributed by atoms with Crippen LogP contribution in [0.15, 0.2) is 72.9 Å². The number of amides is 1. The Bertz CT molecular complexity index is 1200. The average Bonchev–Trinajstić information content (AvgIpc) is 3.21. The van der Waals surface area contributed by atoms with Gasteiger partial charge in [-0.15, -0.1) is 0 Å². The highest BCUT2D eigenvalue weighted by molar-refractivity contribution is 6.03. The molecule has 31 heavy (non-hydrogen) atoms. The first-order valence-corrected chi connectivity index (χ1v) is 9.68. The van der Waals surface area contributed by atoms with Crippen LogP contribution in [0, 0.1) is 0 Å². The Morgan fingerprint density at radius 2 is 1.77 bits per heavy atom. The maximum atomic E-state index is 12.3. The molecule has 0 fully saturated rings. The van der Waals surface area contributed by atoms with Gasteiger partial charge in [0.25, 0.3) is 5.91 Å². The van der Waals surface area contributed by atoms with Crippen molar-refractivity contribution in [2.24, 2.45) is 7.05 Å². The molecule has 0 bridgehead atoms. The SMILES string of the molecule is COc1ccc(OC)c(-c2cc(-c3ccc(NC(=O)c4ccccc4)nc3)n(C)n2)c1. The van der Waals surface area contributed by atoms with Crippen molar-refractivity contribution in [2.75, 3.05) is 19.5 Å². The molecule has 0 spiro atoms. The van der Waals surface area contributed by atoms with Crippen LogP contribution < -0.4 is 14.8 Å². The summed E-state index contributed by atoms with van der Waals surface area (Å²) < 4.78 is 12.6. The second kappa shape index (κ2) is 8.71. The smallest absolute Gasteiger partial charge is 0.256 e. The van der Waals surface area contributed by atoms with Crippen molar-refractivity contribution >= 4 is 11.7 Å². The van der Waals surface area contributed by atoms with Gasteiger partial charge < -0.3 is 14.8 Å². The molecule has 2 aromatic heterocycles. The highest BCUT2D eigenvalue weighted by Gasteiger charge is 2.15. The van der Waals surface area contributed by atoms with Crippen molar-refractivity contribution in [1.29, 1.82) is 0 Å². The van der Waals surface area contributed by atoms with Crippen LogP contribution in [0.4, 0.5) is 5.82 Å². The molecule has 4 aromatic rings. The number of hydrogen-bond acceptors (Lipinski definition) is 5. The van der Waals surface area contributed by atoms with Crippen molar-refractivity contribution in [2.45, 2.75) is 0 Å². The van der Waals surface area contributed by atoms with E-state index in [0.29, 0.717) is 17.1 Å². The molecule has 156 valence electrons. The van der Waals surface area contributed by atoms with E-state index in [1.165, 1.54) is 0 Å². The van der Waals surface area contributed by atoms with Crippen LogP contribution in [0.1, 0.15) is 10.4 Å². The van der Waals surface area contributed by atoms with Gasteiger partial charge in [-0.25, -0.2) is 4.98 Å². The minimum absolute atomic E-state index is 0.200. The molecule has 0 radical (unpaired) electrons. The minimum atomic E-state index is -0.200. The van der Waals surface area contributed by atoms with Gasteiger partial charge in [-0.3, -0.25) is 9.48 Å². The van der Waals surface area contributed by atoms with Gasteiger partial charge in [-0.1, -0.05) is 18.2 Å². The first-order chi connectivity index (χ1) is 15.1. The largest absolute Gasteiger partial charge is 0.497 e. The number of ether oxygens (including phenoxy) is 2. The van der Waals surface area contributed by atoms with Crippen molar-refractivity contribution in [1.82, 2.24) is 14.8 Å². The van der Waals surface area contributed by atoms with E-state index < -0.39 is 0 Å². The van der Waals surface area contributed by atoms with Crippen molar-refractivity contribution < 1.29 is 14.3 Å². The summed E-state index contributed by atoms with van der Waals surface area (Å²) in [6, 6.07) is 20.3. The van der Waals surface area contributed by atoms with Crippen LogP contribution in [-0.2, 0) is 7.05 Å². The lowest BCUT2D eigenvalue weighted by molar-refractivity contribution is 0.102. The first kappa shape index (κ1) is 20.2. The van der Waals surface area contributed by atoms with Gasteiger partial charge in [-0.05, 0) is 48.5 Å². The second-order valence-corrected chi connectivity index (χ2v) is 6.86. The summed E-state index contributed by atoms with van der Waals surface area (Å²) in [5.74, 6) is 1.72. The number of nitrogens with zero attached hydrogens (tertiary/aromatic N) is 3. The molecular formula is C24H22N4O3. The van der Waals surface area contributed by atoms with Gasteiger partial charge >= 0.3 is 0 Å². The van der Waals surface area contributed by atoms with E-state index in [-0.39, 0.29) is 5.91 Å². The lowest BCUT2D eigenvalue weighted by atomic mass is 10.1. The Hall–Kier alpha value is -4.13. The lowest BCUT2D eigenvalue weighted by Crippen LogP contribution is -2.12. The van der Waals surface area contributed by atoms with E-state index in [4.69, 9.17) is 9.47 Å². The molecule has 7 heteroatoms. The van der Waals surface area contributed by atoms with Crippen molar-refractivity contribution in [3.8, 4) is 34.0 Å². The highest BCUT2D eigenvalue weighted by Crippen LogP contribution is 2.34. The summed E-state index contributed by atoms with van der Waals surface area (Å²) >= 11 is 0.